The number of aliphatic hydroxyl groups excluding tert-OH is 1. The van der Waals surface area contributed by atoms with Crippen molar-refractivity contribution in [2.45, 2.75) is 45.3 Å². The van der Waals surface area contributed by atoms with Gasteiger partial charge in [0.2, 0.25) is 0 Å². The Morgan fingerprint density at radius 1 is 1.45 bits per heavy atom. The van der Waals surface area contributed by atoms with Gasteiger partial charge in [0.05, 0.1) is 12.2 Å². The van der Waals surface area contributed by atoms with Gasteiger partial charge in [-0.1, -0.05) is 0 Å². The van der Waals surface area contributed by atoms with Gasteiger partial charge in [0.1, 0.15) is 0 Å². The Balaban J connectivity index is 3.16. The first-order chi connectivity index (χ1) is 5.16. The largest absolute Gasteiger partial charge is 0.465 e. The van der Waals surface area contributed by atoms with E-state index in [0.717, 1.165) is 19.3 Å². The summed E-state index contributed by atoms with van der Waals surface area (Å²) in [6.07, 6.45) is 2.22. The Labute approximate surface area is 67.4 Å². The summed E-state index contributed by atoms with van der Waals surface area (Å²) < 4.78 is 4.66. The number of ether oxygens (including phenoxy) is 1. The lowest BCUT2D eigenvalue weighted by molar-refractivity contribution is -0.133. The third-order valence-corrected chi connectivity index (χ3v) is 1.52. The molecule has 11 heavy (non-hydrogen) atoms. The average Bonchev–Trinajstić information content (AvgIpc) is 1.87. The van der Waals surface area contributed by atoms with Crippen LogP contribution in [-0.2, 0) is 9.53 Å². The van der Waals surface area contributed by atoms with Gasteiger partial charge in [-0.25, -0.2) is 0 Å². The zero-order valence-corrected chi connectivity index (χ0v) is 7.12. The summed E-state index contributed by atoms with van der Waals surface area (Å²) in [7, 11) is 0. The van der Waals surface area contributed by atoms with Gasteiger partial charge in [-0.15, -0.1) is 0 Å². The summed E-state index contributed by atoms with van der Waals surface area (Å²) in [4.78, 5) is 9.84. The molecular weight excluding hydrogens is 144 g/mol. The zero-order chi connectivity index (χ0) is 8.69. The molecule has 3 heteroatoms. The van der Waals surface area contributed by atoms with E-state index in [-0.39, 0.29) is 12.2 Å². The van der Waals surface area contributed by atoms with Crippen molar-refractivity contribution >= 4 is 6.47 Å². The molecule has 0 fully saturated rings. The number of aliphatic hydroxyl groups is 1. The molecule has 0 aromatic carbocycles. The maximum Gasteiger partial charge on any atom is 0.293 e. The molecule has 0 spiro atoms. The molecule has 0 rings (SSSR count). The minimum absolute atomic E-state index is 0.0220. The van der Waals surface area contributed by atoms with Crippen molar-refractivity contribution in [1.82, 2.24) is 0 Å². The van der Waals surface area contributed by atoms with Crippen molar-refractivity contribution in [3.8, 4) is 0 Å². The van der Waals surface area contributed by atoms with Crippen molar-refractivity contribution in [1.29, 1.82) is 0 Å². The minimum atomic E-state index is -0.251. The maximum atomic E-state index is 9.84. The van der Waals surface area contributed by atoms with Crippen molar-refractivity contribution in [3.63, 3.8) is 0 Å². The standard InChI is InChI=1S/C8H16O3/c1-7(10)4-3-5-8(2)11-6-9/h6-8,10H,3-5H2,1-2H3/t7-,8+/m1/s1. The second-order valence-corrected chi connectivity index (χ2v) is 2.82. The summed E-state index contributed by atoms with van der Waals surface area (Å²) in [5.74, 6) is 0. The molecular formula is C8H16O3. The topological polar surface area (TPSA) is 46.5 Å². The fourth-order valence-electron chi connectivity index (χ4n) is 0.864. The van der Waals surface area contributed by atoms with Crippen LogP contribution in [0.4, 0.5) is 0 Å². The monoisotopic (exact) mass is 160 g/mol. The number of rotatable bonds is 6. The molecule has 0 saturated heterocycles. The molecule has 0 amide bonds. The Kier molecular flexibility index (Phi) is 5.84. The zero-order valence-electron chi connectivity index (χ0n) is 7.12. The van der Waals surface area contributed by atoms with E-state index < -0.39 is 0 Å². The highest BCUT2D eigenvalue weighted by atomic mass is 16.5. The van der Waals surface area contributed by atoms with Crippen molar-refractivity contribution in [2.75, 3.05) is 0 Å². The fraction of sp³-hybridized carbons (Fsp3) is 0.875. The second-order valence-electron chi connectivity index (χ2n) is 2.82. The lowest BCUT2D eigenvalue weighted by Crippen LogP contribution is -2.08. The highest BCUT2D eigenvalue weighted by molar-refractivity contribution is 5.37. The van der Waals surface area contributed by atoms with E-state index in [4.69, 9.17) is 5.11 Å². The van der Waals surface area contributed by atoms with E-state index in [1.165, 1.54) is 0 Å². The quantitative estimate of drug-likeness (QED) is 0.592. The molecule has 1 N–H and O–H groups in total. The van der Waals surface area contributed by atoms with E-state index in [2.05, 4.69) is 4.74 Å². The smallest absolute Gasteiger partial charge is 0.293 e. The molecule has 0 aliphatic carbocycles. The first-order valence-corrected chi connectivity index (χ1v) is 3.94. The summed E-state index contributed by atoms with van der Waals surface area (Å²) >= 11 is 0. The van der Waals surface area contributed by atoms with Gasteiger partial charge < -0.3 is 9.84 Å². The van der Waals surface area contributed by atoms with Crippen LogP contribution in [-0.4, -0.2) is 23.8 Å². The summed E-state index contributed by atoms with van der Waals surface area (Å²) in [6, 6.07) is 0. The first kappa shape index (κ1) is 10.4. The van der Waals surface area contributed by atoms with Gasteiger partial charge in [-0.2, -0.15) is 0 Å². The van der Waals surface area contributed by atoms with Crippen LogP contribution in [0.15, 0.2) is 0 Å². The molecule has 66 valence electrons. The number of carbonyl (C=O) groups excluding carboxylic acids is 1. The van der Waals surface area contributed by atoms with E-state index in [9.17, 15) is 4.79 Å². The third kappa shape index (κ3) is 7.33. The number of hydrogen-bond donors (Lipinski definition) is 1. The SMILES string of the molecule is C[C@@H](O)CCC[C@H](C)OC=O. The number of hydrogen-bond acceptors (Lipinski definition) is 3. The minimum Gasteiger partial charge on any atom is -0.465 e. The van der Waals surface area contributed by atoms with Crippen LogP contribution in [0.3, 0.4) is 0 Å². The van der Waals surface area contributed by atoms with Gasteiger partial charge in [-0.3, -0.25) is 4.79 Å². The predicted octanol–water partition coefficient (Wildman–Crippen LogP) is 1.10. The molecule has 0 unspecified atom stereocenters. The lowest BCUT2D eigenvalue weighted by atomic mass is 10.1. The molecule has 0 aliphatic heterocycles. The van der Waals surface area contributed by atoms with Crippen LogP contribution in [0.25, 0.3) is 0 Å². The molecule has 0 heterocycles. The molecule has 0 bridgehead atoms. The normalized spacial score (nSPS) is 15.5. The van der Waals surface area contributed by atoms with E-state index in [1.807, 2.05) is 6.92 Å². The van der Waals surface area contributed by atoms with Gasteiger partial charge in [0.25, 0.3) is 6.47 Å². The highest BCUT2D eigenvalue weighted by Gasteiger charge is 2.02. The molecule has 3 nitrogen and oxygen atoms in total. The molecule has 0 saturated carbocycles. The summed E-state index contributed by atoms with van der Waals surface area (Å²) in [5, 5.41) is 8.88. The molecule has 0 aromatic rings. The number of carbonyl (C=O) groups is 1. The summed E-state index contributed by atoms with van der Waals surface area (Å²) in [6.45, 7) is 4.06. The highest BCUT2D eigenvalue weighted by Crippen LogP contribution is 2.05. The van der Waals surface area contributed by atoms with Crippen molar-refractivity contribution in [2.24, 2.45) is 0 Å². The van der Waals surface area contributed by atoms with Gasteiger partial charge in [-0.05, 0) is 33.1 Å². The molecule has 2 atom stereocenters. The Bertz CT molecular complexity index is 102. The Morgan fingerprint density at radius 2 is 2.09 bits per heavy atom. The maximum absolute atomic E-state index is 9.84. The van der Waals surface area contributed by atoms with E-state index in [0.29, 0.717) is 6.47 Å². The van der Waals surface area contributed by atoms with Gasteiger partial charge in [0.15, 0.2) is 0 Å². The Morgan fingerprint density at radius 3 is 2.55 bits per heavy atom. The van der Waals surface area contributed by atoms with Crippen LogP contribution in [0, 0.1) is 0 Å². The second kappa shape index (κ2) is 6.16. The van der Waals surface area contributed by atoms with Gasteiger partial charge >= 0.3 is 0 Å². The Hall–Kier alpha value is -0.570. The fourth-order valence-corrected chi connectivity index (χ4v) is 0.864. The average molecular weight is 160 g/mol. The molecule has 0 aromatic heterocycles. The van der Waals surface area contributed by atoms with Crippen molar-refractivity contribution < 1.29 is 14.6 Å². The lowest BCUT2D eigenvalue weighted by Gasteiger charge is -2.09. The van der Waals surface area contributed by atoms with Crippen LogP contribution >= 0.6 is 0 Å². The first-order valence-electron chi connectivity index (χ1n) is 3.94. The molecule has 0 aliphatic rings. The van der Waals surface area contributed by atoms with Crippen LogP contribution in [0.1, 0.15) is 33.1 Å². The van der Waals surface area contributed by atoms with Crippen LogP contribution < -0.4 is 0 Å². The predicted molar refractivity (Wildman–Crippen MR) is 42.1 cm³/mol. The van der Waals surface area contributed by atoms with Crippen molar-refractivity contribution in [3.05, 3.63) is 0 Å². The van der Waals surface area contributed by atoms with Crippen LogP contribution in [0.5, 0.6) is 0 Å². The third-order valence-electron chi connectivity index (χ3n) is 1.52. The van der Waals surface area contributed by atoms with Crippen LogP contribution in [0.2, 0.25) is 0 Å². The summed E-state index contributed by atoms with van der Waals surface area (Å²) in [5.41, 5.74) is 0. The molecule has 0 radical (unpaired) electrons. The van der Waals surface area contributed by atoms with Gasteiger partial charge in [0, 0.05) is 0 Å². The van der Waals surface area contributed by atoms with E-state index >= 15 is 0 Å². The van der Waals surface area contributed by atoms with E-state index in [1.54, 1.807) is 6.92 Å².